The molecule has 0 aliphatic carbocycles. The Morgan fingerprint density at radius 3 is 2.48 bits per heavy atom. The molecule has 3 nitrogen and oxygen atoms in total. The van der Waals surface area contributed by atoms with Gasteiger partial charge in [0.2, 0.25) is 0 Å². The summed E-state index contributed by atoms with van der Waals surface area (Å²) in [6, 6.07) is 13.4. The molecule has 0 saturated heterocycles. The number of halogens is 1. The van der Waals surface area contributed by atoms with Crippen LogP contribution >= 0.6 is 11.6 Å². The second kappa shape index (κ2) is 6.37. The predicted molar refractivity (Wildman–Crippen MR) is 83.3 cm³/mol. The molecule has 0 fully saturated rings. The number of nitrogens with zero attached hydrogens (tertiary/aromatic N) is 2. The Morgan fingerprint density at radius 2 is 1.71 bits per heavy atom. The van der Waals surface area contributed by atoms with E-state index >= 15 is 0 Å². The average Bonchev–Trinajstić information content (AvgIpc) is 2.55. The lowest BCUT2D eigenvalue weighted by Gasteiger charge is -2.08. The van der Waals surface area contributed by atoms with Crippen LogP contribution in [0.1, 0.15) is 5.56 Å². The number of aromatic nitrogens is 2. The van der Waals surface area contributed by atoms with Crippen molar-refractivity contribution in [1.82, 2.24) is 9.97 Å². The predicted octanol–water partition coefficient (Wildman–Crippen LogP) is 4.38. The Morgan fingerprint density at radius 1 is 0.905 bits per heavy atom. The Balaban J connectivity index is 1.73. The third kappa shape index (κ3) is 3.58. The zero-order chi connectivity index (χ0) is 14.5. The van der Waals surface area contributed by atoms with Gasteiger partial charge in [0.15, 0.2) is 0 Å². The first-order valence-corrected chi connectivity index (χ1v) is 6.92. The standard InChI is InChI=1S/C17H13ClN2O/c18-16-5-3-13(4-6-16)12-21-17-8-15(10-20-11-17)14-2-1-7-19-9-14/h1-11H,12H2. The molecule has 0 unspecified atom stereocenters. The third-order valence-corrected chi connectivity index (χ3v) is 3.28. The first-order valence-electron chi connectivity index (χ1n) is 6.54. The van der Waals surface area contributed by atoms with E-state index in [1.165, 1.54) is 0 Å². The van der Waals surface area contributed by atoms with Gasteiger partial charge in [-0.15, -0.1) is 0 Å². The van der Waals surface area contributed by atoms with Gasteiger partial charge in [0.1, 0.15) is 12.4 Å². The highest BCUT2D eigenvalue weighted by atomic mass is 35.5. The summed E-state index contributed by atoms with van der Waals surface area (Å²) in [6.45, 7) is 0.481. The van der Waals surface area contributed by atoms with Crippen LogP contribution in [0.15, 0.2) is 67.3 Å². The van der Waals surface area contributed by atoms with E-state index in [0.717, 1.165) is 27.5 Å². The van der Waals surface area contributed by atoms with Crippen molar-refractivity contribution >= 4 is 11.6 Å². The Bertz CT molecular complexity index is 714. The zero-order valence-corrected chi connectivity index (χ0v) is 12.0. The molecule has 4 heteroatoms. The van der Waals surface area contributed by atoms with Crippen LogP contribution in [0.25, 0.3) is 11.1 Å². The van der Waals surface area contributed by atoms with Crippen molar-refractivity contribution < 1.29 is 4.74 Å². The highest BCUT2D eigenvalue weighted by Gasteiger charge is 2.02. The molecule has 2 aromatic heterocycles. The number of rotatable bonds is 4. The smallest absolute Gasteiger partial charge is 0.138 e. The molecular weight excluding hydrogens is 284 g/mol. The molecule has 0 aliphatic rings. The van der Waals surface area contributed by atoms with Gasteiger partial charge in [0.05, 0.1) is 6.20 Å². The zero-order valence-electron chi connectivity index (χ0n) is 11.2. The minimum atomic E-state index is 0.481. The van der Waals surface area contributed by atoms with Crippen molar-refractivity contribution in [2.75, 3.05) is 0 Å². The molecule has 3 aromatic rings. The Kier molecular flexibility index (Phi) is 4.12. The van der Waals surface area contributed by atoms with Crippen LogP contribution in [0.4, 0.5) is 0 Å². The fraction of sp³-hybridized carbons (Fsp3) is 0.0588. The molecule has 21 heavy (non-hydrogen) atoms. The molecule has 104 valence electrons. The highest BCUT2D eigenvalue weighted by molar-refractivity contribution is 6.30. The summed E-state index contributed by atoms with van der Waals surface area (Å²) >= 11 is 5.86. The van der Waals surface area contributed by atoms with Crippen molar-refractivity contribution in [3.8, 4) is 16.9 Å². The maximum Gasteiger partial charge on any atom is 0.138 e. The van der Waals surface area contributed by atoms with Crippen molar-refractivity contribution in [2.45, 2.75) is 6.61 Å². The number of hydrogen-bond donors (Lipinski definition) is 0. The number of benzene rings is 1. The van der Waals surface area contributed by atoms with Crippen molar-refractivity contribution in [1.29, 1.82) is 0 Å². The van der Waals surface area contributed by atoms with E-state index in [-0.39, 0.29) is 0 Å². The number of pyridine rings is 2. The van der Waals surface area contributed by atoms with Gasteiger partial charge in [-0.05, 0) is 29.8 Å². The molecule has 0 N–H and O–H groups in total. The van der Waals surface area contributed by atoms with Crippen LogP contribution in [-0.4, -0.2) is 9.97 Å². The van der Waals surface area contributed by atoms with Crippen molar-refractivity contribution in [3.05, 3.63) is 77.8 Å². The Hall–Kier alpha value is -2.39. The van der Waals surface area contributed by atoms with E-state index in [0.29, 0.717) is 6.61 Å². The van der Waals surface area contributed by atoms with Gasteiger partial charge >= 0.3 is 0 Å². The molecule has 2 heterocycles. The SMILES string of the molecule is Clc1ccc(COc2cncc(-c3cccnc3)c2)cc1. The van der Waals surface area contributed by atoms with Crippen LogP contribution in [0.2, 0.25) is 5.02 Å². The number of ether oxygens (including phenoxy) is 1. The topological polar surface area (TPSA) is 35.0 Å². The van der Waals surface area contributed by atoms with Gasteiger partial charge in [-0.3, -0.25) is 9.97 Å². The van der Waals surface area contributed by atoms with Gasteiger partial charge in [-0.2, -0.15) is 0 Å². The van der Waals surface area contributed by atoms with Gasteiger partial charge in [0.25, 0.3) is 0 Å². The minimum Gasteiger partial charge on any atom is -0.487 e. The minimum absolute atomic E-state index is 0.481. The summed E-state index contributed by atoms with van der Waals surface area (Å²) in [5, 5.41) is 0.721. The Labute approximate surface area is 128 Å². The lowest BCUT2D eigenvalue weighted by Crippen LogP contribution is -1.96. The monoisotopic (exact) mass is 296 g/mol. The maximum absolute atomic E-state index is 5.86. The first-order chi connectivity index (χ1) is 10.3. The molecule has 0 atom stereocenters. The summed E-state index contributed by atoms with van der Waals surface area (Å²) in [5.74, 6) is 0.728. The largest absolute Gasteiger partial charge is 0.487 e. The molecule has 0 saturated carbocycles. The number of hydrogen-bond acceptors (Lipinski definition) is 3. The molecule has 0 radical (unpaired) electrons. The van der Waals surface area contributed by atoms with Crippen molar-refractivity contribution in [2.24, 2.45) is 0 Å². The highest BCUT2D eigenvalue weighted by Crippen LogP contribution is 2.22. The molecule has 1 aromatic carbocycles. The summed E-state index contributed by atoms with van der Waals surface area (Å²) < 4.78 is 5.77. The summed E-state index contributed by atoms with van der Waals surface area (Å²) in [7, 11) is 0. The third-order valence-electron chi connectivity index (χ3n) is 3.03. The van der Waals surface area contributed by atoms with E-state index in [1.807, 2.05) is 42.5 Å². The van der Waals surface area contributed by atoms with E-state index < -0.39 is 0 Å². The van der Waals surface area contributed by atoms with E-state index in [4.69, 9.17) is 16.3 Å². The van der Waals surface area contributed by atoms with E-state index in [9.17, 15) is 0 Å². The molecule has 3 rings (SSSR count). The van der Waals surface area contributed by atoms with Gasteiger partial charge in [0, 0.05) is 34.7 Å². The van der Waals surface area contributed by atoms with Crippen LogP contribution in [0.5, 0.6) is 5.75 Å². The van der Waals surface area contributed by atoms with E-state index in [1.54, 1.807) is 24.8 Å². The summed E-state index contributed by atoms with van der Waals surface area (Å²) in [4.78, 5) is 8.32. The molecule has 0 spiro atoms. The first kappa shape index (κ1) is 13.6. The lowest BCUT2D eigenvalue weighted by atomic mass is 10.1. The second-order valence-electron chi connectivity index (χ2n) is 4.57. The quantitative estimate of drug-likeness (QED) is 0.717. The fourth-order valence-electron chi connectivity index (χ4n) is 1.94. The maximum atomic E-state index is 5.86. The van der Waals surface area contributed by atoms with Gasteiger partial charge < -0.3 is 4.74 Å². The lowest BCUT2D eigenvalue weighted by molar-refractivity contribution is 0.305. The van der Waals surface area contributed by atoms with Crippen LogP contribution < -0.4 is 4.74 Å². The van der Waals surface area contributed by atoms with Crippen LogP contribution in [0, 0.1) is 0 Å². The normalized spacial score (nSPS) is 10.3. The van der Waals surface area contributed by atoms with Gasteiger partial charge in [-0.25, -0.2) is 0 Å². The van der Waals surface area contributed by atoms with E-state index in [2.05, 4.69) is 9.97 Å². The average molecular weight is 297 g/mol. The van der Waals surface area contributed by atoms with Gasteiger partial charge in [-0.1, -0.05) is 29.8 Å². The second-order valence-corrected chi connectivity index (χ2v) is 5.00. The molecule has 0 bridgehead atoms. The summed E-state index contributed by atoms with van der Waals surface area (Å²) in [5.41, 5.74) is 3.06. The molecule has 0 aliphatic heterocycles. The molecular formula is C17H13ClN2O. The summed E-state index contributed by atoms with van der Waals surface area (Å²) in [6.07, 6.45) is 7.06. The van der Waals surface area contributed by atoms with Crippen LogP contribution in [0.3, 0.4) is 0 Å². The van der Waals surface area contributed by atoms with Crippen LogP contribution in [-0.2, 0) is 6.61 Å². The molecule has 0 amide bonds. The fourth-order valence-corrected chi connectivity index (χ4v) is 2.06. The van der Waals surface area contributed by atoms with Crippen molar-refractivity contribution in [3.63, 3.8) is 0 Å².